The molecule has 0 aliphatic rings. The fourth-order valence-electron chi connectivity index (χ4n) is 0.853. The molecule has 1 N–H and O–H groups in total. The number of hydrogen-bond acceptors (Lipinski definition) is 3. The molecule has 0 aliphatic heterocycles. The van der Waals surface area contributed by atoms with Crippen molar-refractivity contribution in [1.29, 1.82) is 0 Å². The predicted molar refractivity (Wildman–Crippen MR) is 49.8 cm³/mol. The maximum atomic E-state index is 8.51. The van der Waals surface area contributed by atoms with Crippen molar-refractivity contribution in [2.24, 2.45) is 0 Å². The molecule has 1 aromatic rings. The highest BCUT2D eigenvalue weighted by Crippen LogP contribution is 1.93. The largest absolute Gasteiger partial charge is 0.396 e. The van der Waals surface area contributed by atoms with E-state index in [1.165, 1.54) is 6.33 Å². The zero-order valence-electron chi connectivity index (χ0n) is 7.40. The van der Waals surface area contributed by atoms with Crippen LogP contribution in [0.3, 0.4) is 0 Å². The van der Waals surface area contributed by atoms with Crippen LogP contribution in [0.15, 0.2) is 18.7 Å². The van der Waals surface area contributed by atoms with E-state index in [0.29, 0.717) is 0 Å². The predicted octanol–water partition coefficient (Wildman–Crippen LogP) is 0.991. The van der Waals surface area contributed by atoms with Crippen LogP contribution in [0.5, 0.6) is 0 Å². The second-order valence-corrected chi connectivity index (χ2v) is 2.61. The monoisotopic (exact) mass is 176 g/mol. The van der Waals surface area contributed by atoms with Gasteiger partial charge in [-0.15, -0.1) is 0 Å². The molecule has 68 valence electrons. The first kappa shape index (κ1) is 9.69. The van der Waals surface area contributed by atoms with Gasteiger partial charge in [0.15, 0.2) is 0 Å². The van der Waals surface area contributed by atoms with E-state index in [4.69, 9.17) is 5.11 Å². The Morgan fingerprint density at radius 2 is 2.00 bits per heavy atom. The number of hydrogen-bond donors (Lipinski definition) is 1. The van der Waals surface area contributed by atoms with E-state index >= 15 is 0 Å². The van der Waals surface area contributed by atoms with Crippen LogP contribution in [0, 0.1) is 11.8 Å². The fourth-order valence-corrected chi connectivity index (χ4v) is 0.853. The van der Waals surface area contributed by atoms with E-state index in [-0.39, 0.29) is 6.61 Å². The molecule has 0 bridgehead atoms. The van der Waals surface area contributed by atoms with Crippen LogP contribution >= 0.6 is 0 Å². The summed E-state index contributed by atoms with van der Waals surface area (Å²) >= 11 is 0. The van der Waals surface area contributed by atoms with E-state index in [0.717, 1.165) is 24.8 Å². The van der Waals surface area contributed by atoms with Crippen molar-refractivity contribution >= 4 is 0 Å². The minimum absolute atomic E-state index is 0.246. The van der Waals surface area contributed by atoms with Gasteiger partial charge in [-0.1, -0.05) is 11.8 Å². The zero-order valence-corrected chi connectivity index (χ0v) is 7.40. The van der Waals surface area contributed by atoms with Gasteiger partial charge >= 0.3 is 0 Å². The summed E-state index contributed by atoms with van der Waals surface area (Å²) in [6, 6.07) is 0. The smallest absolute Gasteiger partial charge is 0.115 e. The Bertz CT molecular complexity index is 287. The number of aliphatic hydroxyl groups excluding tert-OH is 1. The molecule has 0 fully saturated rings. The SMILES string of the molecule is OCCCCC#Cc1cncnc1. The van der Waals surface area contributed by atoms with Gasteiger partial charge in [0.1, 0.15) is 6.33 Å². The maximum absolute atomic E-state index is 8.51. The molecule has 0 saturated carbocycles. The minimum atomic E-state index is 0.246. The van der Waals surface area contributed by atoms with Gasteiger partial charge in [0.25, 0.3) is 0 Å². The van der Waals surface area contributed by atoms with Crippen molar-refractivity contribution in [2.75, 3.05) is 6.61 Å². The van der Waals surface area contributed by atoms with Gasteiger partial charge < -0.3 is 5.11 Å². The molecule has 0 aromatic carbocycles. The second-order valence-electron chi connectivity index (χ2n) is 2.61. The summed E-state index contributed by atoms with van der Waals surface area (Å²) in [5, 5.41) is 8.51. The molecule has 1 aromatic heterocycles. The Hall–Kier alpha value is -1.40. The molecule has 0 unspecified atom stereocenters. The van der Waals surface area contributed by atoms with E-state index < -0.39 is 0 Å². The third-order valence-electron chi connectivity index (χ3n) is 1.50. The zero-order chi connectivity index (χ0) is 9.36. The highest BCUT2D eigenvalue weighted by molar-refractivity contribution is 5.28. The van der Waals surface area contributed by atoms with Gasteiger partial charge in [-0.25, -0.2) is 9.97 Å². The van der Waals surface area contributed by atoms with Crippen molar-refractivity contribution in [3.63, 3.8) is 0 Å². The fraction of sp³-hybridized carbons (Fsp3) is 0.400. The molecular weight excluding hydrogens is 164 g/mol. The molecule has 0 saturated heterocycles. The number of rotatable bonds is 3. The third-order valence-corrected chi connectivity index (χ3v) is 1.50. The lowest BCUT2D eigenvalue weighted by Crippen LogP contribution is -1.82. The van der Waals surface area contributed by atoms with Gasteiger partial charge in [0.05, 0.1) is 5.56 Å². The van der Waals surface area contributed by atoms with Crippen LogP contribution in [0.2, 0.25) is 0 Å². The second kappa shape index (κ2) is 6.15. The number of unbranched alkanes of at least 4 members (excludes halogenated alkanes) is 2. The summed E-state index contributed by atoms with van der Waals surface area (Å²) in [7, 11) is 0. The number of nitrogens with zero attached hydrogens (tertiary/aromatic N) is 2. The Balaban J connectivity index is 2.31. The van der Waals surface area contributed by atoms with Crippen molar-refractivity contribution in [1.82, 2.24) is 9.97 Å². The Labute approximate surface area is 77.9 Å². The average molecular weight is 176 g/mol. The molecule has 1 heterocycles. The lowest BCUT2D eigenvalue weighted by molar-refractivity contribution is 0.285. The van der Waals surface area contributed by atoms with Crippen LogP contribution in [-0.4, -0.2) is 21.7 Å². The summed E-state index contributed by atoms with van der Waals surface area (Å²) < 4.78 is 0. The molecule has 3 nitrogen and oxygen atoms in total. The third kappa shape index (κ3) is 4.24. The molecule has 0 spiro atoms. The topological polar surface area (TPSA) is 46.0 Å². The summed E-state index contributed by atoms with van der Waals surface area (Å²) in [4.78, 5) is 7.69. The van der Waals surface area contributed by atoms with Gasteiger partial charge in [0.2, 0.25) is 0 Å². The first-order chi connectivity index (χ1) is 6.43. The lowest BCUT2D eigenvalue weighted by Gasteiger charge is -1.88. The summed E-state index contributed by atoms with van der Waals surface area (Å²) in [6.45, 7) is 0.246. The van der Waals surface area contributed by atoms with Crippen LogP contribution in [0.1, 0.15) is 24.8 Å². The molecule has 13 heavy (non-hydrogen) atoms. The average Bonchev–Trinajstić information content (AvgIpc) is 2.19. The van der Waals surface area contributed by atoms with Crippen molar-refractivity contribution < 1.29 is 5.11 Å². The highest BCUT2D eigenvalue weighted by atomic mass is 16.2. The Morgan fingerprint density at radius 1 is 1.23 bits per heavy atom. The van der Waals surface area contributed by atoms with Crippen molar-refractivity contribution in [3.05, 3.63) is 24.3 Å². The summed E-state index contributed by atoms with van der Waals surface area (Å²) in [5.74, 6) is 5.94. The molecule has 0 atom stereocenters. The minimum Gasteiger partial charge on any atom is -0.396 e. The standard InChI is InChI=1S/C10H12N2O/c13-6-4-2-1-3-5-10-7-11-9-12-8-10/h7-9,13H,1-2,4,6H2. The quantitative estimate of drug-likeness (QED) is 0.552. The van der Waals surface area contributed by atoms with Crippen molar-refractivity contribution in [3.8, 4) is 11.8 Å². The normalized spacial score (nSPS) is 9.00. The van der Waals surface area contributed by atoms with Gasteiger partial charge in [-0.3, -0.25) is 0 Å². The van der Waals surface area contributed by atoms with Crippen LogP contribution in [0.25, 0.3) is 0 Å². The molecule has 0 radical (unpaired) electrons. The molecule has 0 aliphatic carbocycles. The van der Waals surface area contributed by atoms with Gasteiger partial charge in [-0.2, -0.15) is 0 Å². The van der Waals surface area contributed by atoms with Crippen LogP contribution in [0.4, 0.5) is 0 Å². The van der Waals surface area contributed by atoms with E-state index in [1.54, 1.807) is 12.4 Å². The molecular formula is C10H12N2O. The Kier molecular flexibility index (Phi) is 4.58. The van der Waals surface area contributed by atoms with Gasteiger partial charge in [0, 0.05) is 25.4 Å². The summed E-state index contributed by atoms with van der Waals surface area (Å²) in [6.07, 6.45) is 7.43. The van der Waals surface area contributed by atoms with E-state index in [9.17, 15) is 0 Å². The lowest BCUT2D eigenvalue weighted by atomic mass is 10.2. The van der Waals surface area contributed by atoms with Crippen molar-refractivity contribution in [2.45, 2.75) is 19.3 Å². The number of aromatic nitrogens is 2. The van der Waals surface area contributed by atoms with Gasteiger partial charge in [-0.05, 0) is 12.8 Å². The first-order valence-corrected chi connectivity index (χ1v) is 4.28. The molecule has 0 amide bonds. The maximum Gasteiger partial charge on any atom is 0.115 e. The first-order valence-electron chi connectivity index (χ1n) is 4.28. The van der Waals surface area contributed by atoms with Crippen LogP contribution < -0.4 is 0 Å². The van der Waals surface area contributed by atoms with E-state index in [1.807, 2.05) is 0 Å². The number of aliphatic hydroxyl groups is 1. The summed E-state index contributed by atoms with van der Waals surface area (Å²) in [5.41, 5.74) is 0.839. The van der Waals surface area contributed by atoms with E-state index in [2.05, 4.69) is 21.8 Å². The Morgan fingerprint density at radius 3 is 2.69 bits per heavy atom. The molecule has 3 heteroatoms. The molecule has 1 rings (SSSR count). The van der Waals surface area contributed by atoms with Crippen LogP contribution in [-0.2, 0) is 0 Å². The highest BCUT2D eigenvalue weighted by Gasteiger charge is 1.84.